The van der Waals surface area contributed by atoms with E-state index in [4.69, 9.17) is 23.5 Å². The van der Waals surface area contributed by atoms with Crippen molar-refractivity contribution in [1.29, 1.82) is 0 Å². The number of benzene rings is 2. The second kappa shape index (κ2) is 7.46. The Morgan fingerprint density at radius 3 is 2.79 bits per heavy atom. The second-order valence-electron chi connectivity index (χ2n) is 5.80. The van der Waals surface area contributed by atoms with Gasteiger partial charge in [-0.15, -0.1) is 0 Å². The zero-order chi connectivity index (χ0) is 20.4. The normalized spacial score (nSPS) is 11.9. The number of nitro benzene ring substituents is 1. The van der Waals surface area contributed by atoms with E-state index in [-0.39, 0.29) is 42.2 Å². The zero-order valence-corrected chi connectivity index (χ0v) is 15.0. The predicted molar refractivity (Wildman–Crippen MR) is 94.6 cm³/mol. The molecule has 148 valence electrons. The van der Waals surface area contributed by atoms with Gasteiger partial charge in [-0.25, -0.2) is 4.79 Å². The van der Waals surface area contributed by atoms with E-state index in [1.54, 1.807) is 24.3 Å². The Labute approximate surface area is 162 Å². The van der Waals surface area contributed by atoms with Crippen LogP contribution in [0.25, 0.3) is 11.4 Å². The molecule has 0 saturated carbocycles. The van der Waals surface area contributed by atoms with E-state index in [9.17, 15) is 14.9 Å². The summed E-state index contributed by atoms with van der Waals surface area (Å²) in [5.41, 5.74) is -0.0780. The number of hydrogen-bond donors (Lipinski definition) is 0. The number of aromatic nitrogens is 2. The highest BCUT2D eigenvalue weighted by Crippen LogP contribution is 2.38. The molecule has 0 saturated heterocycles. The largest absolute Gasteiger partial charge is 0.497 e. The second-order valence-corrected chi connectivity index (χ2v) is 5.80. The lowest BCUT2D eigenvalue weighted by atomic mass is 10.1. The van der Waals surface area contributed by atoms with Crippen LogP contribution < -0.4 is 14.2 Å². The highest BCUT2D eigenvalue weighted by molar-refractivity contribution is 5.95. The molecule has 0 N–H and O–H groups in total. The molecule has 4 rings (SSSR count). The Morgan fingerprint density at radius 1 is 1.24 bits per heavy atom. The maximum atomic E-state index is 12.4. The third-order valence-corrected chi connectivity index (χ3v) is 4.03. The molecular weight excluding hydrogens is 386 g/mol. The van der Waals surface area contributed by atoms with Gasteiger partial charge < -0.3 is 23.5 Å². The van der Waals surface area contributed by atoms with Crippen LogP contribution in [0.4, 0.5) is 5.69 Å². The van der Waals surface area contributed by atoms with Crippen LogP contribution in [0.2, 0.25) is 0 Å². The number of carbonyl (C=O) groups excluding carboxylic acids is 1. The van der Waals surface area contributed by atoms with E-state index in [0.29, 0.717) is 11.3 Å². The molecule has 29 heavy (non-hydrogen) atoms. The molecule has 3 aromatic rings. The molecule has 0 bridgehead atoms. The number of hydrogen-bond acceptors (Lipinski definition) is 10. The lowest BCUT2D eigenvalue weighted by molar-refractivity contribution is -0.385. The number of nitro groups is 1. The van der Waals surface area contributed by atoms with Crippen LogP contribution in [0.1, 0.15) is 16.2 Å². The number of carbonyl (C=O) groups is 1. The molecule has 11 nitrogen and oxygen atoms in total. The van der Waals surface area contributed by atoms with E-state index in [1.807, 2.05) is 0 Å². The van der Waals surface area contributed by atoms with Gasteiger partial charge in [0.15, 0.2) is 18.1 Å². The summed E-state index contributed by atoms with van der Waals surface area (Å²) >= 11 is 0. The van der Waals surface area contributed by atoms with E-state index in [1.165, 1.54) is 13.2 Å². The molecule has 0 atom stereocenters. The van der Waals surface area contributed by atoms with Gasteiger partial charge >= 0.3 is 5.97 Å². The van der Waals surface area contributed by atoms with Gasteiger partial charge in [-0.1, -0.05) is 17.3 Å². The van der Waals surface area contributed by atoms with Gasteiger partial charge in [-0.05, 0) is 12.1 Å². The maximum absolute atomic E-state index is 12.4. The maximum Gasteiger partial charge on any atom is 0.345 e. The number of rotatable bonds is 6. The summed E-state index contributed by atoms with van der Waals surface area (Å²) in [6.45, 7) is -0.443. The summed E-state index contributed by atoms with van der Waals surface area (Å²) in [6.07, 6.45) is 0. The average Bonchev–Trinajstić information content (AvgIpc) is 3.40. The first kappa shape index (κ1) is 18.2. The standard InChI is InChI=1S/C18H13N3O8/c1-25-11-4-2-3-10(5-11)17-19-16(29-20-17)8-26-18(22)12-6-14-15(28-9-27-14)7-13(12)21(23)24/h2-7H,8-9H2,1H3. The van der Waals surface area contributed by atoms with Crippen LogP contribution in [0.3, 0.4) is 0 Å². The van der Waals surface area contributed by atoms with Crippen LogP contribution in [0, 0.1) is 10.1 Å². The van der Waals surface area contributed by atoms with Gasteiger partial charge in [-0.3, -0.25) is 10.1 Å². The van der Waals surface area contributed by atoms with Crippen molar-refractivity contribution in [1.82, 2.24) is 10.1 Å². The molecule has 0 unspecified atom stereocenters. The summed E-state index contributed by atoms with van der Waals surface area (Å²) in [5, 5.41) is 15.1. The molecular formula is C18H13N3O8. The molecule has 2 aromatic carbocycles. The molecule has 1 aliphatic heterocycles. The average molecular weight is 399 g/mol. The van der Waals surface area contributed by atoms with Crippen LogP contribution in [0.15, 0.2) is 40.9 Å². The van der Waals surface area contributed by atoms with Crippen molar-refractivity contribution in [2.75, 3.05) is 13.9 Å². The lowest BCUT2D eigenvalue weighted by Crippen LogP contribution is -2.08. The minimum absolute atomic E-state index is 0.0274. The van der Waals surface area contributed by atoms with Gasteiger partial charge in [0, 0.05) is 11.6 Å². The molecule has 11 heteroatoms. The fraction of sp³-hybridized carbons (Fsp3) is 0.167. The third kappa shape index (κ3) is 3.65. The molecule has 1 aromatic heterocycles. The quantitative estimate of drug-likeness (QED) is 0.346. The zero-order valence-electron chi connectivity index (χ0n) is 15.0. The van der Waals surface area contributed by atoms with Gasteiger partial charge in [0.25, 0.3) is 11.6 Å². The Kier molecular flexibility index (Phi) is 4.69. The van der Waals surface area contributed by atoms with E-state index < -0.39 is 16.6 Å². The van der Waals surface area contributed by atoms with E-state index >= 15 is 0 Å². The number of fused-ring (bicyclic) bond motifs is 1. The first-order valence-corrected chi connectivity index (χ1v) is 8.27. The van der Waals surface area contributed by atoms with Crippen molar-refractivity contribution in [3.8, 4) is 28.6 Å². The van der Waals surface area contributed by atoms with Crippen molar-refractivity contribution in [2.24, 2.45) is 0 Å². The number of ether oxygens (including phenoxy) is 4. The molecule has 0 spiro atoms. The van der Waals surface area contributed by atoms with Crippen LogP contribution in [0.5, 0.6) is 17.2 Å². The first-order chi connectivity index (χ1) is 14.0. The summed E-state index contributed by atoms with van der Waals surface area (Å²) in [7, 11) is 1.54. The fourth-order valence-corrected chi connectivity index (χ4v) is 2.64. The third-order valence-electron chi connectivity index (χ3n) is 4.03. The number of esters is 1. The minimum Gasteiger partial charge on any atom is -0.497 e. The molecule has 1 aliphatic rings. The van der Waals surface area contributed by atoms with Crippen LogP contribution >= 0.6 is 0 Å². The van der Waals surface area contributed by atoms with Gasteiger partial charge in [0.2, 0.25) is 12.6 Å². The van der Waals surface area contributed by atoms with Crippen molar-refractivity contribution in [2.45, 2.75) is 6.61 Å². The fourth-order valence-electron chi connectivity index (χ4n) is 2.64. The molecule has 2 heterocycles. The first-order valence-electron chi connectivity index (χ1n) is 8.27. The lowest BCUT2D eigenvalue weighted by Gasteiger charge is -2.04. The van der Waals surface area contributed by atoms with Crippen molar-refractivity contribution >= 4 is 11.7 Å². The van der Waals surface area contributed by atoms with Crippen LogP contribution in [-0.2, 0) is 11.3 Å². The molecule has 0 radical (unpaired) electrons. The molecule has 0 amide bonds. The van der Waals surface area contributed by atoms with Gasteiger partial charge in [0.05, 0.1) is 18.1 Å². The highest BCUT2D eigenvalue weighted by atomic mass is 16.7. The molecule has 0 aliphatic carbocycles. The monoisotopic (exact) mass is 399 g/mol. The summed E-state index contributed by atoms with van der Waals surface area (Å²) in [5.74, 6) is 0.406. The smallest absolute Gasteiger partial charge is 0.345 e. The van der Waals surface area contributed by atoms with Gasteiger partial charge in [-0.2, -0.15) is 4.98 Å². The molecule has 0 fully saturated rings. The van der Waals surface area contributed by atoms with Crippen molar-refractivity contribution in [3.05, 3.63) is 58.0 Å². The Hall–Kier alpha value is -4.15. The topological polar surface area (TPSA) is 136 Å². The van der Waals surface area contributed by atoms with Gasteiger partial charge in [0.1, 0.15) is 11.3 Å². The Balaban J connectivity index is 1.49. The summed E-state index contributed by atoms with van der Waals surface area (Å²) in [4.78, 5) is 27.1. The Bertz CT molecular complexity index is 1090. The van der Waals surface area contributed by atoms with E-state index in [2.05, 4.69) is 10.1 Å². The van der Waals surface area contributed by atoms with Crippen molar-refractivity contribution < 1.29 is 33.2 Å². The summed E-state index contributed by atoms with van der Waals surface area (Å²) in [6, 6.07) is 9.34. The minimum atomic E-state index is -0.934. The number of nitrogens with zero attached hydrogens (tertiary/aromatic N) is 3. The Morgan fingerprint density at radius 2 is 2.03 bits per heavy atom. The number of methoxy groups -OCH3 is 1. The highest BCUT2D eigenvalue weighted by Gasteiger charge is 2.28. The summed E-state index contributed by atoms with van der Waals surface area (Å²) < 4.78 is 25.6. The SMILES string of the molecule is COc1cccc(-c2noc(COC(=O)c3cc4c(cc3[N+](=O)[O-])OCO4)n2)c1. The predicted octanol–water partition coefficient (Wildman–Crippen LogP) is 2.74. The van der Waals surface area contributed by atoms with E-state index in [0.717, 1.165) is 6.07 Å². The van der Waals surface area contributed by atoms with Crippen molar-refractivity contribution in [3.63, 3.8) is 0 Å². The van der Waals surface area contributed by atoms with Crippen LogP contribution in [-0.4, -0.2) is 34.9 Å².